The van der Waals surface area contributed by atoms with Gasteiger partial charge >= 0.3 is 0 Å². The molecule has 0 spiro atoms. The molecule has 3 aromatic carbocycles. The Hall–Kier alpha value is -3.02. The molecule has 28 heavy (non-hydrogen) atoms. The van der Waals surface area contributed by atoms with E-state index in [4.69, 9.17) is 16.6 Å². The van der Waals surface area contributed by atoms with E-state index in [1.165, 1.54) is 0 Å². The molecule has 4 nitrogen and oxygen atoms in total. The summed E-state index contributed by atoms with van der Waals surface area (Å²) >= 11 is 7.89. The molecule has 0 radical (unpaired) electrons. The summed E-state index contributed by atoms with van der Waals surface area (Å²) in [5.74, 6) is 0.744. The number of thiazole rings is 1. The Morgan fingerprint density at radius 3 is 2.36 bits per heavy atom. The first kappa shape index (κ1) is 17.1. The zero-order chi connectivity index (χ0) is 19.1. The van der Waals surface area contributed by atoms with Gasteiger partial charge in [0.1, 0.15) is 5.82 Å². The molecule has 0 atom stereocenters. The molecule has 0 unspecified atom stereocenters. The van der Waals surface area contributed by atoms with E-state index in [2.05, 4.69) is 34.2 Å². The average molecular weight is 403 g/mol. The first-order chi connectivity index (χ1) is 13.7. The average Bonchev–Trinajstić information content (AvgIpc) is 3.17. The lowest BCUT2D eigenvalue weighted by molar-refractivity contribution is 1.10. The molecule has 0 aliphatic heterocycles. The zero-order valence-electron chi connectivity index (χ0n) is 15.0. The van der Waals surface area contributed by atoms with E-state index in [1.54, 1.807) is 11.3 Å². The summed E-state index contributed by atoms with van der Waals surface area (Å²) in [7, 11) is 1.97. The van der Waals surface area contributed by atoms with Gasteiger partial charge < -0.3 is 4.90 Å². The van der Waals surface area contributed by atoms with Crippen LogP contribution in [-0.4, -0.2) is 22.0 Å². The van der Waals surface area contributed by atoms with Crippen molar-refractivity contribution in [3.05, 3.63) is 78.1 Å². The normalized spacial score (nSPS) is 11.2. The van der Waals surface area contributed by atoms with Crippen LogP contribution in [0.25, 0.3) is 32.2 Å². The molecule has 0 aliphatic rings. The Bertz CT molecular complexity index is 1270. The molecular formula is C22H15ClN4S. The fraction of sp³-hybridized carbons (Fsp3) is 0.0455. The minimum atomic E-state index is 0.223. The summed E-state index contributed by atoms with van der Waals surface area (Å²) in [5, 5.41) is 2.04. The van der Waals surface area contributed by atoms with Crippen LogP contribution in [0.4, 0.5) is 10.9 Å². The third kappa shape index (κ3) is 2.89. The topological polar surface area (TPSA) is 41.9 Å². The van der Waals surface area contributed by atoms with Crippen molar-refractivity contribution in [1.29, 1.82) is 0 Å². The Kier molecular flexibility index (Phi) is 4.19. The Morgan fingerprint density at radius 2 is 1.54 bits per heavy atom. The maximum atomic E-state index is 6.27. The van der Waals surface area contributed by atoms with Crippen molar-refractivity contribution >= 4 is 55.0 Å². The predicted molar refractivity (Wildman–Crippen MR) is 118 cm³/mol. The monoisotopic (exact) mass is 402 g/mol. The lowest BCUT2D eigenvalue weighted by atomic mass is 10.0. The SMILES string of the molecule is CN(c1nc2ccccc2s1)c1nc(Cl)nc2cccc(-c3ccccc3)c12. The smallest absolute Gasteiger partial charge is 0.224 e. The predicted octanol–water partition coefficient (Wildman–Crippen LogP) is 6.33. The number of nitrogens with zero attached hydrogens (tertiary/aromatic N) is 4. The lowest BCUT2D eigenvalue weighted by Gasteiger charge is -2.19. The van der Waals surface area contributed by atoms with Gasteiger partial charge in [-0.15, -0.1) is 0 Å². The molecule has 2 heterocycles. The fourth-order valence-electron chi connectivity index (χ4n) is 3.33. The van der Waals surface area contributed by atoms with E-state index in [-0.39, 0.29) is 5.28 Å². The maximum absolute atomic E-state index is 6.27. The molecule has 6 heteroatoms. The molecule has 0 N–H and O–H groups in total. The Labute approximate surface area is 171 Å². The van der Waals surface area contributed by atoms with Gasteiger partial charge in [-0.3, -0.25) is 0 Å². The first-order valence-corrected chi connectivity index (χ1v) is 10.0. The second-order valence-electron chi connectivity index (χ2n) is 6.41. The van der Waals surface area contributed by atoms with Crippen LogP contribution in [-0.2, 0) is 0 Å². The van der Waals surface area contributed by atoms with Gasteiger partial charge in [-0.2, -0.15) is 4.98 Å². The quantitative estimate of drug-likeness (QED) is 0.331. The number of benzene rings is 3. The number of hydrogen-bond donors (Lipinski definition) is 0. The summed E-state index contributed by atoms with van der Waals surface area (Å²) in [6.45, 7) is 0. The van der Waals surface area contributed by atoms with E-state index in [0.29, 0.717) is 0 Å². The molecule has 136 valence electrons. The van der Waals surface area contributed by atoms with Gasteiger partial charge in [0, 0.05) is 7.05 Å². The van der Waals surface area contributed by atoms with Crippen LogP contribution < -0.4 is 4.90 Å². The third-order valence-electron chi connectivity index (χ3n) is 4.65. The highest BCUT2D eigenvalue weighted by Crippen LogP contribution is 2.38. The molecule has 0 saturated heterocycles. The van der Waals surface area contributed by atoms with Crippen LogP contribution in [0.3, 0.4) is 0 Å². The van der Waals surface area contributed by atoms with Crippen LogP contribution in [0.1, 0.15) is 0 Å². The number of hydrogen-bond acceptors (Lipinski definition) is 5. The summed E-state index contributed by atoms with van der Waals surface area (Å²) < 4.78 is 1.14. The minimum absolute atomic E-state index is 0.223. The standard InChI is InChI=1S/C22H15ClN4S/c1-27(22-25-16-11-5-6-13-18(16)28-22)20-19-15(14-8-3-2-4-9-14)10-7-12-17(19)24-21(23)26-20/h2-13H,1H3. The highest BCUT2D eigenvalue weighted by atomic mass is 35.5. The molecule has 0 saturated carbocycles. The summed E-state index contributed by atoms with van der Waals surface area (Å²) in [6.07, 6.45) is 0. The molecule has 0 fully saturated rings. The molecule has 0 aliphatic carbocycles. The molecular weight excluding hydrogens is 388 g/mol. The van der Waals surface area contributed by atoms with Crippen LogP contribution in [0.5, 0.6) is 0 Å². The Balaban J connectivity index is 1.76. The first-order valence-electron chi connectivity index (χ1n) is 8.82. The van der Waals surface area contributed by atoms with Crippen molar-refractivity contribution in [3.63, 3.8) is 0 Å². The largest absolute Gasteiger partial charge is 0.305 e. The van der Waals surface area contributed by atoms with Crippen molar-refractivity contribution in [2.24, 2.45) is 0 Å². The highest BCUT2D eigenvalue weighted by molar-refractivity contribution is 7.22. The molecule has 5 rings (SSSR count). The number of rotatable bonds is 3. The maximum Gasteiger partial charge on any atom is 0.224 e. The second-order valence-corrected chi connectivity index (χ2v) is 7.75. The van der Waals surface area contributed by atoms with Gasteiger partial charge in [-0.1, -0.05) is 65.9 Å². The fourth-order valence-corrected chi connectivity index (χ4v) is 4.43. The third-order valence-corrected chi connectivity index (χ3v) is 5.93. The van der Waals surface area contributed by atoms with Crippen LogP contribution >= 0.6 is 22.9 Å². The molecule has 2 aromatic heterocycles. The molecule has 0 amide bonds. The van der Waals surface area contributed by atoms with Crippen molar-refractivity contribution in [2.45, 2.75) is 0 Å². The van der Waals surface area contributed by atoms with Gasteiger partial charge in [0.15, 0.2) is 5.13 Å². The lowest BCUT2D eigenvalue weighted by Crippen LogP contribution is -2.12. The number of anilines is 2. The highest BCUT2D eigenvalue weighted by Gasteiger charge is 2.19. The van der Waals surface area contributed by atoms with Crippen LogP contribution in [0, 0.1) is 0 Å². The summed E-state index contributed by atoms with van der Waals surface area (Å²) in [4.78, 5) is 15.8. The van der Waals surface area contributed by atoms with E-state index in [1.807, 2.05) is 60.5 Å². The number of para-hydroxylation sites is 1. The van der Waals surface area contributed by atoms with Gasteiger partial charge in [-0.05, 0) is 40.9 Å². The van der Waals surface area contributed by atoms with E-state index in [9.17, 15) is 0 Å². The number of aromatic nitrogens is 3. The number of fused-ring (bicyclic) bond motifs is 2. The summed E-state index contributed by atoms with van der Waals surface area (Å²) in [5.41, 5.74) is 3.96. The molecule has 0 bridgehead atoms. The van der Waals surface area contributed by atoms with Crippen LogP contribution in [0.2, 0.25) is 5.28 Å². The van der Waals surface area contributed by atoms with Crippen LogP contribution in [0.15, 0.2) is 72.8 Å². The van der Waals surface area contributed by atoms with Gasteiger partial charge in [0.2, 0.25) is 5.28 Å². The summed E-state index contributed by atoms with van der Waals surface area (Å²) in [6, 6.07) is 24.4. The van der Waals surface area contributed by atoms with Crippen molar-refractivity contribution < 1.29 is 0 Å². The van der Waals surface area contributed by atoms with Gasteiger partial charge in [0.25, 0.3) is 0 Å². The van der Waals surface area contributed by atoms with Gasteiger partial charge in [0.05, 0.1) is 21.1 Å². The van der Waals surface area contributed by atoms with Crippen molar-refractivity contribution in [3.8, 4) is 11.1 Å². The van der Waals surface area contributed by atoms with E-state index >= 15 is 0 Å². The minimum Gasteiger partial charge on any atom is -0.305 e. The van der Waals surface area contributed by atoms with E-state index < -0.39 is 0 Å². The number of halogens is 1. The Morgan fingerprint density at radius 1 is 0.786 bits per heavy atom. The van der Waals surface area contributed by atoms with Crippen molar-refractivity contribution in [2.75, 3.05) is 11.9 Å². The van der Waals surface area contributed by atoms with Crippen molar-refractivity contribution in [1.82, 2.24) is 15.0 Å². The molecule has 5 aromatic rings. The zero-order valence-corrected chi connectivity index (χ0v) is 16.6. The second kappa shape index (κ2) is 6.86. The van der Waals surface area contributed by atoms with E-state index in [0.717, 1.165) is 43.2 Å². The van der Waals surface area contributed by atoms with Gasteiger partial charge in [-0.25, -0.2) is 9.97 Å².